The predicted octanol–water partition coefficient (Wildman–Crippen LogP) is 3.24. The lowest BCUT2D eigenvalue weighted by atomic mass is 9.73. The lowest BCUT2D eigenvalue weighted by Gasteiger charge is -2.37. The number of ether oxygens (including phenoxy) is 1. The lowest BCUT2D eigenvalue weighted by Crippen LogP contribution is -2.49. The lowest BCUT2D eigenvalue weighted by molar-refractivity contribution is -0.902. The van der Waals surface area contributed by atoms with Gasteiger partial charge in [-0.05, 0) is 18.4 Å². The van der Waals surface area contributed by atoms with E-state index in [1.165, 1.54) is 12.8 Å². The fourth-order valence-electron chi connectivity index (χ4n) is 4.57. The largest absolute Gasteiger partial charge is 0.457 e. The van der Waals surface area contributed by atoms with E-state index in [9.17, 15) is 9.90 Å². The van der Waals surface area contributed by atoms with Crippen LogP contribution in [-0.4, -0.2) is 48.8 Å². The van der Waals surface area contributed by atoms with Crippen LogP contribution in [0.5, 0.6) is 0 Å². The summed E-state index contributed by atoms with van der Waals surface area (Å²) in [7, 11) is 4.38. The molecule has 0 unspecified atom stereocenters. The van der Waals surface area contributed by atoms with Crippen LogP contribution in [0.25, 0.3) is 0 Å². The normalized spacial score (nSPS) is 26.1. The van der Waals surface area contributed by atoms with Gasteiger partial charge in [0.2, 0.25) is 0 Å². The van der Waals surface area contributed by atoms with Gasteiger partial charge in [-0.15, -0.1) is 0 Å². The van der Waals surface area contributed by atoms with Crippen molar-refractivity contribution in [2.75, 3.05) is 27.2 Å². The number of esters is 1. The molecule has 0 aromatic heterocycles. The Morgan fingerprint density at radius 1 is 1.12 bits per heavy atom. The number of likely N-dealkylation sites (tertiary alicyclic amines) is 1. The Bertz CT molecular complexity index is 580. The van der Waals surface area contributed by atoms with Crippen LogP contribution in [0.3, 0.4) is 0 Å². The molecule has 2 atom stereocenters. The van der Waals surface area contributed by atoms with E-state index in [1.807, 2.05) is 30.3 Å². The average Bonchev–Trinajstić information content (AvgIpc) is 2.98. The zero-order valence-corrected chi connectivity index (χ0v) is 15.6. The smallest absolute Gasteiger partial charge is 0.343 e. The molecule has 2 fully saturated rings. The van der Waals surface area contributed by atoms with Gasteiger partial charge in [0.25, 0.3) is 0 Å². The molecular formula is C21H32NO3+. The molecule has 3 rings (SSSR count). The monoisotopic (exact) mass is 346 g/mol. The Morgan fingerprint density at radius 2 is 1.80 bits per heavy atom. The molecule has 1 heterocycles. The first kappa shape index (κ1) is 18.4. The molecule has 138 valence electrons. The molecule has 1 N–H and O–H groups in total. The first-order valence-electron chi connectivity index (χ1n) is 9.72. The van der Waals surface area contributed by atoms with Gasteiger partial charge < -0.3 is 14.3 Å². The summed E-state index contributed by atoms with van der Waals surface area (Å²) in [6, 6.07) is 9.71. The van der Waals surface area contributed by atoms with Gasteiger partial charge in [-0.25, -0.2) is 4.79 Å². The van der Waals surface area contributed by atoms with Gasteiger partial charge in [-0.1, -0.05) is 49.6 Å². The van der Waals surface area contributed by atoms with Crippen molar-refractivity contribution in [1.29, 1.82) is 0 Å². The molecular weight excluding hydrogens is 314 g/mol. The Kier molecular flexibility index (Phi) is 5.49. The van der Waals surface area contributed by atoms with E-state index < -0.39 is 11.6 Å². The molecule has 1 aliphatic carbocycles. The minimum absolute atomic E-state index is 0.0535. The molecule has 0 bridgehead atoms. The summed E-state index contributed by atoms with van der Waals surface area (Å²) in [6.45, 7) is 1.52. The summed E-state index contributed by atoms with van der Waals surface area (Å²) >= 11 is 0. The fraction of sp³-hybridized carbons (Fsp3) is 0.667. The van der Waals surface area contributed by atoms with Crippen LogP contribution >= 0.6 is 0 Å². The highest BCUT2D eigenvalue weighted by atomic mass is 16.6. The van der Waals surface area contributed by atoms with Gasteiger partial charge in [0.1, 0.15) is 12.6 Å². The van der Waals surface area contributed by atoms with Crippen molar-refractivity contribution < 1.29 is 19.1 Å². The molecule has 1 saturated carbocycles. The predicted molar refractivity (Wildman–Crippen MR) is 97.9 cm³/mol. The summed E-state index contributed by atoms with van der Waals surface area (Å²) < 4.78 is 6.62. The maximum Gasteiger partial charge on any atom is 0.343 e. The number of likely N-dealkylation sites (N-methyl/N-ethyl adjacent to an activating group) is 1. The van der Waals surface area contributed by atoms with Gasteiger partial charge in [0.05, 0.1) is 20.6 Å². The molecule has 1 saturated heterocycles. The highest BCUT2D eigenvalue weighted by Crippen LogP contribution is 2.40. The number of rotatable bonds is 5. The molecule has 4 heteroatoms. The Balaban J connectivity index is 1.78. The van der Waals surface area contributed by atoms with E-state index in [2.05, 4.69) is 14.1 Å². The number of quaternary nitrogens is 1. The number of nitrogens with zero attached hydrogens (tertiary/aromatic N) is 1. The molecule has 0 spiro atoms. The molecule has 25 heavy (non-hydrogen) atoms. The number of aliphatic hydroxyl groups is 1. The number of benzene rings is 1. The second-order valence-corrected chi connectivity index (χ2v) is 8.36. The maximum atomic E-state index is 13.1. The molecule has 1 aliphatic heterocycles. The average molecular weight is 346 g/mol. The minimum Gasteiger partial charge on any atom is -0.457 e. The quantitative estimate of drug-likeness (QED) is 0.658. The molecule has 1 aromatic rings. The van der Waals surface area contributed by atoms with E-state index in [0.29, 0.717) is 18.2 Å². The van der Waals surface area contributed by atoms with E-state index >= 15 is 0 Å². The second-order valence-electron chi connectivity index (χ2n) is 8.36. The fourth-order valence-corrected chi connectivity index (χ4v) is 4.57. The highest BCUT2D eigenvalue weighted by molar-refractivity contribution is 5.81. The Morgan fingerprint density at radius 3 is 2.40 bits per heavy atom. The summed E-state index contributed by atoms with van der Waals surface area (Å²) in [5.74, 6) is -0.514. The zero-order valence-electron chi connectivity index (χ0n) is 15.6. The van der Waals surface area contributed by atoms with Crippen molar-refractivity contribution >= 4 is 5.97 Å². The van der Waals surface area contributed by atoms with Crippen molar-refractivity contribution in [1.82, 2.24) is 0 Å². The van der Waals surface area contributed by atoms with Crippen LogP contribution < -0.4 is 0 Å². The van der Waals surface area contributed by atoms with Gasteiger partial charge in [0.15, 0.2) is 5.60 Å². The molecule has 0 amide bonds. The molecule has 1 aromatic carbocycles. The van der Waals surface area contributed by atoms with Crippen molar-refractivity contribution in [3.63, 3.8) is 0 Å². The third kappa shape index (κ3) is 3.75. The molecule has 4 nitrogen and oxygen atoms in total. The van der Waals surface area contributed by atoms with E-state index in [1.54, 1.807) is 0 Å². The second kappa shape index (κ2) is 7.46. The Labute approximate surface area is 151 Å². The van der Waals surface area contributed by atoms with Crippen LogP contribution in [0.4, 0.5) is 0 Å². The number of hydrogen-bond acceptors (Lipinski definition) is 3. The van der Waals surface area contributed by atoms with Crippen molar-refractivity contribution in [2.45, 2.75) is 56.6 Å². The van der Waals surface area contributed by atoms with E-state index in [-0.39, 0.29) is 5.92 Å². The van der Waals surface area contributed by atoms with Gasteiger partial charge >= 0.3 is 5.97 Å². The van der Waals surface area contributed by atoms with Crippen molar-refractivity contribution in [3.8, 4) is 0 Å². The Hall–Kier alpha value is -1.39. The first-order valence-corrected chi connectivity index (χ1v) is 9.72. The first-order chi connectivity index (χ1) is 11.9. The van der Waals surface area contributed by atoms with Crippen molar-refractivity contribution in [2.24, 2.45) is 5.92 Å². The third-order valence-corrected chi connectivity index (χ3v) is 6.39. The number of carbonyl (C=O) groups is 1. The van der Waals surface area contributed by atoms with Crippen molar-refractivity contribution in [3.05, 3.63) is 35.9 Å². The third-order valence-electron chi connectivity index (χ3n) is 6.39. The van der Waals surface area contributed by atoms with Gasteiger partial charge in [-0.2, -0.15) is 0 Å². The summed E-state index contributed by atoms with van der Waals surface area (Å²) in [6.07, 6.45) is 7.33. The van der Waals surface area contributed by atoms with Crippen LogP contribution in [-0.2, 0) is 15.1 Å². The van der Waals surface area contributed by atoms with E-state index in [0.717, 1.165) is 43.1 Å². The SMILES string of the molecule is C[N+]1(C)CCC[C@@H]1COC(=O)[C@](O)(c1ccccc1)C1CCCCC1. The number of hydrogen-bond donors (Lipinski definition) is 1. The molecule has 0 radical (unpaired) electrons. The summed E-state index contributed by atoms with van der Waals surface area (Å²) in [5, 5.41) is 11.5. The van der Waals surface area contributed by atoms with Crippen LogP contribution in [0.15, 0.2) is 30.3 Å². The summed E-state index contributed by atoms with van der Waals surface area (Å²) in [4.78, 5) is 13.1. The number of carbonyl (C=O) groups excluding carboxylic acids is 1. The van der Waals surface area contributed by atoms with Crippen LogP contribution in [0.2, 0.25) is 0 Å². The standard InChI is InChI=1S/C21H32NO3/c1-22(2)15-9-14-19(22)16-25-20(23)21(24,17-10-5-3-6-11-17)18-12-7-4-8-13-18/h3,5-6,10-11,18-19,24H,4,7-9,12-16H2,1-2H3/q+1/t19-,21+/m1/s1. The minimum atomic E-state index is -1.52. The van der Waals surface area contributed by atoms with E-state index in [4.69, 9.17) is 4.74 Å². The summed E-state index contributed by atoms with van der Waals surface area (Å²) in [5.41, 5.74) is -0.843. The molecule has 2 aliphatic rings. The topological polar surface area (TPSA) is 46.5 Å². The highest BCUT2D eigenvalue weighted by Gasteiger charge is 2.48. The van der Waals surface area contributed by atoms with Crippen LogP contribution in [0, 0.1) is 5.92 Å². The maximum absolute atomic E-state index is 13.1. The van der Waals surface area contributed by atoms with Crippen LogP contribution in [0.1, 0.15) is 50.5 Å². The van der Waals surface area contributed by atoms with Gasteiger partial charge in [-0.3, -0.25) is 0 Å². The zero-order chi connectivity index (χ0) is 17.9. The van der Waals surface area contributed by atoms with Gasteiger partial charge in [0, 0.05) is 18.8 Å².